The van der Waals surface area contributed by atoms with Crippen LogP contribution in [0.3, 0.4) is 0 Å². The highest BCUT2D eigenvalue weighted by Gasteiger charge is 2.25. The minimum atomic E-state index is 0.0726. The van der Waals surface area contributed by atoms with Gasteiger partial charge in [0.2, 0.25) is 0 Å². The normalized spacial score (nSPS) is 16.6. The van der Waals surface area contributed by atoms with Crippen molar-refractivity contribution >= 4 is 11.5 Å². The number of anilines is 1. The van der Waals surface area contributed by atoms with Crippen molar-refractivity contribution in [2.24, 2.45) is 11.8 Å². The van der Waals surface area contributed by atoms with Crippen LogP contribution < -0.4 is 9.64 Å². The quantitative estimate of drug-likeness (QED) is 0.783. The molecule has 1 aliphatic rings. The summed E-state index contributed by atoms with van der Waals surface area (Å²) in [6, 6.07) is 5.87. The Bertz CT molecular complexity index is 474. The summed E-state index contributed by atoms with van der Waals surface area (Å²) in [5, 5.41) is 0. The van der Waals surface area contributed by atoms with Gasteiger partial charge in [-0.05, 0) is 43.7 Å². The number of carbonyl (C=O) groups excluding carboxylic acids is 1. The fourth-order valence-corrected chi connectivity index (χ4v) is 3.11. The maximum absolute atomic E-state index is 12.0. The predicted octanol–water partition coefficient (Wildman–Crippen LogP) is 3.77. The van der Waals surface area contributed by atoms with Crippen molar-refractivity contribution in [2.75, 3.05) is 25.1 Å². The highest BCUT2D eigenvalue weighted by molar-refractivity contribution is 6.02. The number of hydrogen-bond donors (Lipinski definition) is 0. The van der Waals surface area contributed by atoms with Crippen LogP contribution in [0.4, 0.5) is 5.69 Å². The highest BCUT2D eigenvalue weighted by Crippen LogP contribution is 2.33. The molecule has 20 heavy (non-hydrogen) atoms. The second-order valence-electron chi connectivity index (χ2n) is 5.98. The Labute approximate surface area is 121 Å². The van der Waals surface area contributed by atoms with Crippen molar-refractivity contribution in [3.63, 3.8) is 0 Å². The molecule has 2 rings (SSSR count). The topological polar surface area (TPSA) is 29.5 Å². The van der Waals surface area contributed by atoms with Gasteiger partial charge in [-0.15, -0.1) is 0 Å². The van der Waals surface area contributed by atoms with Crippen molar-refractivity contribution in [3.8, 4) is 5.75 Å². The summed E-state index contributed by atoms with van der Waals surface area (Å²) in [7, 11) is 1.62. The lowest BCUT2D eigenvalue weighted by atomic mass is 9.86. The fraction of sp³-hybridized carbons (Fsp3) is 0.588. The van der Waals surface area contributed by atoms with E-state index in [0.717, 1.165) is 36.2 Å². The highest BCUT2D eigenvalue weighted by atomic mass is 16.5. The molecule has 110 valence electrons. The third-order valence-corrected chi connectivity index (χ3v) is 4.40. The van der Waals surface area contributed by atoms with Gasteiger partial charge in [-0.25, -0.2) is 0 Å². The van der Waals surface area contributed by atoms with Crippen molar-refractivity contribution in [1.82, 2.24) is 0 Å². The van der Waals surface area contributed by atoms with E-state index in [0.29, 0.717) is 5.75 Å². The number of Topliss-reactive ketones (excluding diaryl/α,β-unsaturated/α-hetero) is 1. The van der Waals surface area contributed by atoms with Crippen molar-refractivity contribution in [2.45, 2.75) is 33.6 Å². The van der Waals surface area contributed by atoms with Gasteiger partial charge in [0.15, 0.2) is 5.78 Å². The molecule has 0 amide bonds. The van der Waals surface area contributed by atoms with E-state index in [2.05, 4.69) is 18.7 Å². The first-order valence-electron chi connectivity index (χ1n) is 7.47. The van der Waals surface area contributed by atoms with Crippen LogP contribution in [-0.2, 0) is 0 Å². The fourth-order valence-electron chi connectivity index (χ4n) is 3.11. The second-order valence-corrected chi connectivity index (χ2v) is 5.98. The first-order valence-corrected chi connectivity index (χ1v) is 7.47. The molecular weight excluding hydrogens is 250 g/mol. The molecule has 0 radical (unpaired) electrons. The van der Waals surface area contributed by atoms with E-state index in [1.54, 1.807) is 14.0 Å². The first-order chi connectivity index (χ1) is 9.54. The van der Waals surface area contributed by atoms with Gasteiger partial charge in [-0.2, -0.15) is 0 Å². The van der Waals surface area contributed by atoms with Crippen molar-refractivity contribution in [1.29, 1.82) is 0 Å². The molecular formula is C17H25NO2. The number of nitrogens with zero attached hydrogens (tertiary/aromatic N) is 1. The molecule has 0 unspecified atom stereocenters. The number of ether oxygens (including phenoxy) is 1. The molecule has 0 spiro atoms. The van der Waals surface area contributed by atoms with E-state index in [9.17, 15) is 4.79 Å². The van der Waals surface area contributed by atoms with Crippen LogP contribution in [0.5, 0.6) is 5.75 Å². The van der Waals surface area contributed by atoms with E-state index in [1.807, 2.05) is 18.2 Å². The van der Waals surface area contributed by atoms with E-state index in [4.69, 9.17) is 4.74 Å². The van der Waals surface area contributed by atoms with Gasteiger partial charge in [0.25, 0.3) is 0 Å². The van der Waals surface area contributed by atoms with Gasteiger partial charge in [-0.3, -0.25) is 4.79 Å². The Kier molecular flexibility index (Phi) is 4.69. The monoisotopic (exact) mass is 275 g/mol. The van der Waals surface area contributed by atoms with Gasteiger partial charge < -0.3 is 9.64 Å². The van der Waals surface area contributed by atoms with Crippen molar-refractivity contribution in [3.05, 3.63) is 23.8 Å². The van der Waals surface area contributed by atoms with Gasteiger partial charge in [-0.1, -0.05) is 19.9 Å². The Morgan fingerprint density at radius 1 is 1.30 bits per heavy atom. The van der Waals surface area contributed by atoms with Gasteiger partial charge in [0, 0.05) is 13.1 Å². The Hall–Kier alpha value is -1.51. The number of hydrogen-bond acceptors (Lipinski definition) is 3. The summed E-state index contributed by atoms with van der Waals surface area (Å²) in [6.07, 6.45) is 2.40. The summed E-state index contributed by atoms with van der Waals surface area (Å²) < 4.78 is 5.35. The molecule has 1 saturated heterocycles. The molecule has 0 atom stereocenters. The number of benzene rings is 1. The van der Waals surface area contributed by atoms with E-state index < -0.39 is 0 Å². The van der Waals surface area contributed by atoms with E-state index in [1.165, 1.54) is 12.8 Å². The minimum Gasteiger partial charge on any atom is -0.496 e. The predicted molar refractivity (Wildman–Crippen MR) is 82.8 cm³/mol. The summed E-state index contributed by atoms with van der Waals surface area (Å²) in [5.41, 5.74) is 1.75. The third-order valence-electron chi connectivity index (χ3n) is 4.40. The van der Waals surface area contributed by atoms with Crippen LogP contribution in [0, 0.1) is 11.8 Å². The molecule has 0 saturated carbocycles. The largest absolute Gasteiger partial charge is 0.496 e. The summed E-state index contributed by atoms with van der Waals surface area (Å²) in [5.74, 6) is 2.30. The maximum Gasteiger partial charge on any atom is 0.165 e. The molecule has 1 aliphatic heterocycles. The van der Waals surface area contributed by atoms with E-state index in [-0.39, 0.29) is 5.78 Å². The SMILES string of the molecule is COc1cccc(N2CCC(C(C)C)CC2)c1C(C)=O. The lowest BCUT2D eigenvalue weighted by Crippen LogP contribution is -2.36. The third kappa shape index (κ3) is 2.97. The maximum atomic E-state index is 12.0. The van der Waals surface area contributed by atoms with Gasteiger partial charge in [0.1, 0.15) is 5.75 Å². The minimum absolute atomic E-state index is 0.0726. The molecule has 0 aliphatic carbocycles. The van der Waals surface area contributed by atoms with Crippen molar-refractivity contribution < 1.29 is 9.53 Å². The number of methoxy groups -OCH3 is 1. The molecule has 1 aromatic carbocycles. The molecule has 1 fully saturated rings. The molecule has 1 aromatic rings. The Morgan fingerprint density at radius 2 is 1.95 bits per heavy atom. The zero-order chi connectivity index (χ0) is 14.7. The average molecular weight is 275 g/mol. The first kappa shape index (κ1) is 14.9. The summed E-state index contributed by atoms with van der Waals surface area (Å²) in [4.78, 5) is 14.3. The molecule has 1 heterocycles. The molecule has 0 aromatic heterocycles. The standard InChI is InChI=1S/C17H25NO2/c1-12(2)14-8-10-18(11-9-14)15-6-5-7-16(20-4)17(15)13(3)19/h5-7,12,14H,8-11H2,1-4H3. The zero-order valence-corrected chi connectivity index (χ0v) is 13.0. The number of piperidine rings is 1. The number of rotatable bonds is 4. The summed E-state index contributed by atoms with van der Waals surface area (Å²) in [6.45, 7) is 8.26. The number of ketones is 1. The zero-order valence-electron chi connectivity index (χ0n) is 13.0. The molecule has 0 bridgehead atoms. The van der Waals surface area contributed by atoms with Crippen LogP contribution in [-0.4, -0.2) is 26.0 Å². The summed E-state index contributed by atoms with van der Waals surface area (Å²) >= 11 is 0. The van der Waals surface area contributed by atoms with Gasteiger partial charge >= 0.3 is 0 Å². The van der Waals surface area contributed by atoms with Crippen LogP contribution in [0.25, 0.3) is 0 Å². The Morgan fingerprint density at radius 3 is 2.45 bits per heavy atom. The van der Waals surface area contributed by atoms with Crippen LogP contribution in [0.2, 0.25) is 0 Å². The average Bonchev–Trinajstić information content (AvgIpc) is 2.46. The van der Waals surface area contributed by atoms with Crippen LogP contribution in [0.15, 0.2) is 18.2 Å². The lowest BCUT2D eigenvalue weighted by molar-refractivity contribution is 0.101. The van der Waals surface area contributed by atoms with E-state index >= 15 is 0 Å². The van der Waals surface area contributed by atoms with Crippen LogP contribution >= 0.6 is 0 Å². The lowest BCUT2D eigenvalue weighted by Gasteiger charge is -2.36. The van der Waals surface area contributed by atoms with Gasteiger partial charge in [0.05, 0.1) is 18.4 Å². The number of carbonyl (C=O) groups is 1. The smallest absolute Gasteiger partial charge is 0.165 e. The van der Waals surface area contributed by atoms with Crippen LogP contribution in [0.1, 0.15) is 44.0 Å². The molecule has 3 nitrogen and oxygen atoms in total. The second kappa shape index (κ2) is 6.29. The molecule has 3 heteroatoms. The Balaban J connectivity index is 2.24. The molecule has 0 N–H and O–H groups in total.